The maximum absolute atomic E-state index is 11.6. The molecule has 22 heavy (non-hydrogen) atoms. The molecule has 0 aromatic heterocycles. The Balaban J connectivity index is 3.72. The van der Waals surface area contributed by atoms with Crippen molar-refractivity contribution in [2.45, 2.75) is 47.0 Å². The van der Waals surface area contributed by atoms with E-state index in [0.29, 0.717) is 35.1 Å². The van der Waals surface area contributed by atoms with Gasteiger partial charge in [-0.15, -0.1) is 0 Å². The Hall–Kier alpha value is -2.40. The molecular formula is C17H21N3O2. The van der Waals surface area contributed by atoms with E-state index < -0.39 is 4.92 Å². The van der Waals surface area contributed by atoms with E-state index in [1.54, 1.807) is 6.07 Å². The van der Waals surface area contributed by atoms with Gasteiger partial charge in [-0.05, 0) is 36.3 Å². The smallest absolute Gasteiger partial charge is 0.258 e. The maximum atomic E-state index is 11.6. The van der Waals surface area contributed by atoms with Gasteiger partial charge < -0.3 is 0 Å². The van der Waals surface area contributed by atoms with Crippen LogP contribution in [-0.4, -0.2) is 4.92 Å². The van der Waals surface area contributed by atoms with Gasteiger partial charge in [-0.25, -0.2) is 0 Å². The molecule has 0 aliphatic heterocycles. The molecule has 0 unspecified atom stereocenters. The minimum absolute atomic E-state index is 0.0340. The van der Waals surface area contributed by atoms with Gasteiger partial charge in [0.1, 0.15) is 0 Å². The van der Waals surface area contributed by atoms with Gasteiger partial charge in [0.15, 0.2) is 0 Å². The van der Waals surface area contributed by atoms with Crippen molar-refractivity contribution in [3.05, 3.63) is 38.4 Å². The summed E-state index contributed by atoms with van der Waals surface area (Å²) in [5.41, 5.74) is 2.06. The largest absolute Gasteiger partial charge is 0.277 e. The summed E-state index contributed by atoms with van der Waals surface area (Å²) in [5.74, 6) is 0.440. The number of hydrogen-bond donors (Lipinski definition) is 0. The zero-order valence-corrected chi connectivity index (χ0v) is 13.5. The molecule has 0 heterocycles. The molecule has 0 N–H and O–H groups in total. The van der Waals surface area contributed by atoms with Crippen LogP contribution in [0.5, 0.6) is 0 Å². The van der Waals surface area contributed by atoms with Crippen molar-refractivity contribution in [2.75, 3.05) is 0 Å². The quantitative estimate of drug-likeness (QED) is 0.587. The minimum atomic E-state index is -0.392. The second-order valence-corrected chi connectivity index (χ2v) is 6.29. The predicted molar refractivity (Wildman–Crippen MR) is 84.2 cm³/mol. The van der Waals surface area contributed by atoms with Crippen LogP contribution in [0.4, 0.5) is 5.69 Å². The summed E-state index contributed by atoms with van der Waals surface area (Å²) in [6.07, 6.45) is 1.10. The van der Waals surface area contributed by atoms with Crippen molar-refractivity contribution in [1.82, 2.24) is 0 Å². The lowest BCUT2D eigenvalue weighted by Crippen LogP contribution is -2.11. The van der Waals surface area contributed by atoms with Crippen molar-refractivity contribution >= 4 is 5.69 Å². The van der Waals surface area contributed by atoms with Crippen LogP contribution in [0.1, 0.15) is 49.9 Å². The fourth-order valence-electron chi connectivity index (χ4n) is 2.62. The molecule has 116 valence electrons. The first kappa shape index (κ1) is 17.7. The number of rotatable bonds is 6. The Morgan fingerprint density at radius 1 is 1.14 bits per heavy atom. The third kappa shape index (κ3) is 4.05. The lowest BCUT2D eigenvalue weighted by molar-refractivity contribution is -0.386. The normalized spacial score (nSPS) is 10.5. The molecule has 0 saturated carbocycles. The van der Waals surface area contributed by atoms with E-state index in [-0.39, 0.29) is 23.9 Å². The summed E-state index contributed by atoms with van der Waals surface area (Å²) in [5, 5.41) is 30.0. The Kier molecular flexibility index (Phi) is 6.07. The number of nitriles is 2. The first-order valence-corrected chi connectivity index (χ1v) is 7.40. The molecule has 0 atom stereocenters. The molecule has 1 aromatic carbocycles. The molecule has 0 saturated heterocycles. The molecule has 1 rings (SSSR count). The van der Waals surface area contributed by atoms with E-state index >= 15 is 0 Å². The Bertz CT molecular complexity index is 649. The first-order chi connectivity index (χ1) is 10.3. The molecule has 0 aliphatic rings. The van der Waals surface area contributed by atoms with Crippen molar-refractivity contribution < 1.29 is 4.92 Å². The van der Waals surface area contributed by atoms with Crippen LogP contribution < -0.4 is 0 Å². The summed E-state index contributed by atoms with van der Waals surface area (Å²) < 4.78 is 0. The highest BCUT2D eigenvalue weighted by Gasteiger charge is 2.27. The fourth-order valence-corrected chi connectivity index (χ4v) is 2.62. The van der Waals surface area contributed by atoms with Gasteiger partial charge in [0.25, 0.3) is 5.69 Å². The zero-order chi connectivity index (χ0) is 16.9. The topological polar surface area (TPSA) is 90.7 Å². The molecule has 5 heteroatoms. The van der Waals surface area contributed by atoms with E-state index in [4.69, 9.17) is 5.26 Å². The molecule has 1 aromatic rings. The second-order valence-electron chi connectivity index (χ2n) is 6.29. The third-order valence-electron chi connectivity index (χ3n) is 3.40. The molecule has 0 spiro atoms. The Labute approximate surface area is 131 Å². The van der Waals surface area contributed by atoms with E-state index in [2.05, 4.69) is 6.07 Å². The average Bonchev–Trinajstić information content (AvgIpc) is 2.40. The van der Waals surface area contributed by atoms with Gasteiger partial charge in [-0.2, -0.15) is 10.5 Å². The molecule has 0 aliphatic carbocycles. The standard InChI is InChI=1S/C17H21N3O2/c1-11(2)7-15-13(5-6-18)9-14(10-19)16(8-12(3)4)17(15)20(21)22/h9,11-12H,5,7-8H2,1-4H3. The minimum Gasteiger partial charge on any atom is -0.258 e. The maximum Gasteiger partial charge on any atom is 0.277 e. The number of nitro benzene ring substituents is 1. The van der Waals surface area contributed by atoms with Gasteiger partial charge in [-0.3, -0.25) is 10.1 Å². The van der Waals surface area contributed by atoms with Crippen LogP contribution in [0, 0.1) is 44.6 Å². The zero-order valence-electron chi connectivity index (χ0n) is 13.5. The fraction of sp³-hybridized carbons (Fsp3) is 0.529. The third-order valence-corrected chi connectivity index (χ3v) is 3.40. The van der Waals surface area contributed by atoms with Crippen molar-refractivity contribution in [3.63, 3.8) is 0 Å². The van der Waals surface area contributed by atoms with Gasteiger partial charge in [0.2, 0.25) is 0 Å². The van der Waals surface area contributed by atoms with Gasteiger partial charge >= 0.3 is 0 Å². The van der Waals surface area contributed by atoms with Crippen LogP contribution in [0.2, 0.25) is 0 Å². The summed E-state index contributed by atoms with van der Waals surface area (Å²) in [4.78, 5) is 11.3. The van der Waals surface area contributed by atoms with E-state index in [9.17, 15) is 15.4 Å². The van der Waals surface area contributed by atoms with Crippen molar-refractivity contribution in [3.8, 4) is 12.1 Å². The van der Waals surface area contributed by atoms with Crippen molar-refractivity contribution in [1.29, 1.82) is 10.5 Å². The van der Waals surface area contributed by atoms with E-state index in [1.807, 2.05) is 33.8 Å². The Morgan fingerprint density at radius 3 is 2.09 bits per heavy atom. The SMILES string of the molecule is CC(C)Cc1c(C#N)cc(CC#N)c(CC(C)C)c1[N+](=O)[O-]. The first-order valence-electron chi connectivity index (χ1n) is 7.40. The summed E-state index contributed by atoms with van der Waals surface area (Å²) in [6, 6.07) is 5.76. The Morgan fingerprint density at radius 2 is 1.68 bits per heavy atom. The van der Waals surface area contributed by atoms with Crippen LogP contribution >= 0.6 is 0 Å². The monoisotopic (exact) mass is 299 g/mol. The second kappa shape index (κ2) is 7.56. The highest BCUT2D eigenvalue weighted by atomic mass is 16.6. The highest BCUT2D eigenvalue weighted by Crippen LogP contribution is 2.34. The number of benzene rings is 1. The molecule has 0 radical (unpaired) electrons. The van der Waals surface area contributed by atoms with E-state index in [0.717, 1.165) is 0 Å². The molecule has 5 nitrogen and oxygen atoms in total. The van der Waals surface area contributed by atoms with Gasteiger partial charge in [0, 0.05) is 11.1 Å². The number of hydrogen-bond acceptors (Lipinski definition) is 4. The van der Waals surface area contributed by atoms with E-state index in [1.165, 1.54) is 0 Å². The molecule has 0 bridgehead atoms. The number of nitrogens with zero attached hydrogens (tertiary/aromatic N) is 3. The average molecular weight is 299 g/mol. The van der Waals surface area contributed by atoms with Crippen LogP contribution in [0.15, 0.2) is 6.07 Å². The summed E-state index contributed by atoms with van der Waals surface area (Å²) in [7, 11) is 0. The van der Waals surface area contributed by atoms with Crippen LogP contribution in [0.3, 0.4) is 0 Å². The van der Waals surface area contributed by atoms with Crippen molar-refractivity contribution in [2.24, 2.45) is 11.8 Å². The predicted octanol–water partition coefficient (Wildman–Crippen LogP) is 3.93. The molecule has 0 fully saturated rings. The van der Waals surface area contributed by atoms with Crippen LogP contribution in [-0.2, 0) is 19.3 Å². The molecule has 0 amide bonds. The summed E-state index contributed by atoms with van der Waals surface area (Å²) >= 11 is 0. The highest BCUT2D eigenvalue weighted by molar-refractivity contribution is 5.60. The summed E-state index contributed by atoms with van der Waals surface area (Å²) in [6.45, 7) is 7.91. The van der Waals surface area contributed by atoms with Gasteiger partial charge in [-0.1, -0.05) is 27.7 Å². The lowest BCUT2D eigenvalue weighted by atomic mass is 9.87. The lowest BCUT2D eigenvalue weighted by Gasteiger charge is -2.16. The number of nitro groups is 1. The molecular weight excluding hydrogens is 278 g/mol. The van der Waals surface area contributed by atoms with Crippen LogP contribution in [0.25, 0.3) is 0 Å². The van der Waals surface area contributed by atoms with Gasteiger partial charge in [0.05, 0.1) is 29.0 Å².